The highest BCUT2D eigenvalue weighted by atomic mass is 35.5. The molecule has 1 atom stereocenters. The van der Waals surface area contributed by atoms with Crippen molar-refractivity contribution in [1.29, 1.82) is 0 Å². The zero-order valence-corrected chi connectivity index (χ0v) is 11.3. The molecule has 0 bridgehead atoms. The largest absolute Gasteiger partial charge is 0.490 e. The maximum atomic E-state index is 12.4. The molecule has 0 radical (unpaired) electrons. The van der Waals surface area contributed by atoms with Gasteiger partial charge in [0, 0.05) is 18.1 Å². The van der Waals surface area contributed by atoms with Crippen LogP contribution in [-0.4, -0.2) is 31.6 Å². The molecule has 0 spiro atoms. The minimum atomic E-state index is -0.123. The van der Waals surface area contributed by atoms with Crippen molar-refractivity contribution in [3.05, 3.63) is 22.7 Å². The summed E-state index contributed by atoms with van der Waals surface area (Å²) in [4.78, 5) is 12.4. The Kier molecular flexibility index (Phi) is 3.62. The number of rotatable bonds is 2. The van der Waals surface area contributed by atoms with Gasteiger partial charge in [0.1, 0.15) is 0 Å². The molecule has 0 aliphatic carbocycles. The van der Waals surface area contributed by atoms with E-state index in [9.17, 15) is 4.79 Å². The number of fused-ring (bicyclic) bond motifs is 1. The van der Waals surface area contributed by atoms with Gasteiger partial charge in [-0.1, -0.05) is 11.6 Å². The Bertz CT molecular complexity index is 498. The Morgan fingerprint density at radius 1 is 1.21 bits per heavy atom. The Hall–Kier alpha value is -1.26. The van der Waals surface area contributed by atoms with Crippen LogP contribution in [0.5, 0.6) is 11.5 Å². The topological polar surface area (TPSA) is 47.6 Å². The van der Waals surface area contributed by atoms with Crippen LogP contribution in [0.2, 0.25) is 5.02 Å². The second-order valence-electron chi connectivity index (χ2n) is 4.84. The molecule has 0 aromatic heterocycles. The molecule has 1 aromatic carbocycles. The molecule has 2 heterocycles. The van der Waals surface area contributed by atoms with Crippen molar-refractivity contribution in [3.63, 3.8) is 0 Å². The number of Topliss-reactive ketones (excluding diaryl/α,β-unsaturated/α-hetero) is 1. The van der Waals surface area contributed by atoms with Gasteiger partial charge in [0.2, 0.25) is 0 Å². The van der Waals surface area contributed by atoms with Crippen molar-refractivity contribution in [3.8, 4) is 11.5 Å². The summed E-state index contributed by atoms with van der Waals surface area (Å²) in [6.45, 7) is 2.10. The van der Waals surface area contributed by atoms with Crippen LogP contribution in [0.25, 0.3) is 0 Å². The van der Waals surface area contributed by atoms with Gasteiger partial charge < -0.3 is 14.8 Å². The number of hydrogen-bond acceptors (Lipinski definition) is 4. The van der Waals surface area contributed by atoms with E-state index in [2.05, 4.69) is 5.32 Å². The van der Waals surface area contributed by atoms with Gasteiger partial charge in [0.05, 0.1) is 24.3 Å². The quantitative estimate of drug-likeness (QED) is 0.846. The summed E-state index contributed by atoms with van der Waals surface area (Å²) in [7, 11) is 0. The second-order valence-corrected chi connectivity index (χ2v) is 5.25. The van der Waals surface area contributed by atoms with E-state index in [0.717, 1.165) is 25.8 Å². The fourth-order valence-corrected chi connectivity index (χ4v) is 2.72. The third kappa shape index (κ3) is 2.55. The fourth-order valence-electron chi connectivity index (χ4n) is 2.47. The average molecular weight is 282 g/mol. The molecule has 0 amide bonds. The third-order valence-corrected chi connectivity index (χ3v) is 3.79. The number of carbonyl (C=O) groups excluding carboxylic acids is 1. The van der Waals surface area contributed by atoms with Crippen molar-refractivity contribution >= 4 is 17.4 Å². The first-order valence-corrected chi connectivity index (χ1v) is 7.00. The van der Waals surface area contributed by atoms with Crippen molar-refractivity contribution in [1.82, 2.24) is 5.32 Å². The maximum Gasteiger partial charge on any atom is 0.181 e. The van der Waals surface area contributed by atoms with E-state index in [4.69, 9.17) is 21.1 Å². The first kappa shape index (κ1) is 12.8. The Balaban J connectivity index is 1.92. The van der Waals surface area contributed by atoms with Gasteiger partial charge in [-0.05, 0) is 25.5 Å². The molecule has 3 rings (SSSR count). The summed E-state index contributed by atoms with van der Waals surface area (Å²) in [5.74, 6) is 1.28. The van der Waals surface area contributed by atoms with Crippen LogP contribution in [-0.2, 0) is 0 Å². The highest BCUT2D eigenvalue weighted by molar-refractivity contribution is 6.34. The van der Waals surface area contributed by atoms with Crippen LogP contribution < -0.4 is 14.8 Å². The Labute approximate surface area is 117 Å². The van der Waals surface area contributed by atoms with Crippen molar-refractivity contribution < 1.29 is 14.3 Å². The number of carbonyl (C=O) groups is 1. The first-order chi connectivity index (χ1) is 9.25. The molecule has 1 unspecified atom stereocenters. The summed E-state index contributed by atoms with van der Waals surface area (Å²) >= 11 is 6.20. The van der Waals surface area contributed by atoms with E-state index in [1.807, 2.05) is 0 Å². The molecule has 0 saturated carbocycles. The number of ketones is 1. The zero-order chi connectivity index (χ0) is 13.2. The molecular weight excluding hydrogens is 266 g/mol. The number of halogens is 1. The third-order valence-electron chi connectivity index (χ3n) is 3.48. The molecule has 2 aliphatic heterocycles. The summed E-state index contributed by atoms with van der Waals surface area (Å²) in [6, 6.07) is 3.28. The lowest BCUT2D eigenvalue weighted by atomic mass is 10.0. The second kappa shape index (κ2) is 5.39. The standard InChI is InChI=1S/C14H16ClNO3/c15-10-8-13-12(18-5-2-6-19-13)7-9(10)14(17)11-3-1-4-16-11/h7-8,11,16H,1-6H2. The van der Waals surface area contributed by atoms with Gasteiger partial charge in [0.15, 0.2) is 17.3 Å². The van der Waals surface area contributed by atoms with Crippen LogP contribution in [0.15, 0.2) is 12.1 Å². The Morgan fingerprint density at radius 2 is 1.95 bits per heavy atom. The summed E-state index contributed by atoms with van der Waals surface area (Å²) < 4.78 is 11.2. The molecule has 5 heteroatoms. The monoisotopic (exact) mass is 281 g/mol. The minimum absolute atomic E-state index is 0.0400. The van der Waals surface area contributed by atoms with E-state index in [1.165, 1.54) is 0 Å². The average Bonchev–Trinajstić information content (AvgIpc) is 2.84. The SMILES string of the molecule is O=C(c1cc2c(cc1Cl)OCCCO2)C1CCCN1. The lowest BCUT2D eigenvalue weighted by Gasteiger charge is -2.13. The van der Waals surface area contributed by atoms with Crippen LogP contribution in [0, 0.1) is 0 Å². The van der Waals surface area contributed by atoms with Gasteiger partial charge in [-0.2, -0.15) is 0 Å². The number of nitrogens with one attached hydrogen (secondary N) is 1. The molecular formula is C14H16ClNO3. The summed E-state index contributed by atoms with van der Waals surface area (Å²) in [5.41, 5.74) is 0.519. The van der Waals surface area contributed by atoms with Crippen molar-refractivity contribution in [2.24, 2.45) is 0 Å². The number of hydrogen-bond donors (Lipinski definition) is 1. The minimum Gasteiger partial charge on any atom is -0.490 e. The van der Waals surface area contributed by atoms with Gasteiger partial charge in [0.25, 0.3) is 0 Å². The predicted octanol–water partition coefficient (Wildman–Crippen LogP) is 2.44. The van der Waals surface area contributed by atoms with E-state index in [-0.39, 0.29) is 11.8 Å². The molecule has 2 aliphatic rings. The predicted molar refractivity (Wildman–Crippen MR) is 72.4 cm³/mol. The molecule has 19 heavy (non-hydrogen) atoms. The van der Waals surface area contributed by atoms with Gasteiger partial charge in [-0.15, -0.1) is 0 Å². The van der Waals surface area contributed by atoms with E-state index >= 15 is 0 Å². The molecule has 1 aromatic rings. The Morgan fingerprint density at radius 3 is 2.63 bits per heavy atom. The lowest BCUT2D eigenvalue weighted by molar-refractivity contribution is 0.0952. The van der Waals surface area contributed by atoms with Gasteiger partial charge in [-0.3, -0.25) is 4.79 Å². The molecule has 4 nitrogen and oxygen atoms in total. The van der Waals surface area contributed by atoms with E-state index < -0.39 is 0 Å². The van der Waals surface area contributed by atoms with Crippen LogP contribution in [0.4, 0.5) is 0 Å². The number of ether oxygens (including phenoxy) is 2. The smallest absolute Gasteiger partial charge is 0.181 e. The lowest BCUT2D eigenvalue weighted by Crippen LogP contribution is -2.30. The number of benzene rings is 1. The first-order valence-electron chi connectivity index (χ1n) is 6.62. The molecule has 102 valence electrons. The van der Waals surface area contributed by atoms with Crippen molar-refractivity contribution in [2.45, 2.75) is 25.3 Å². The highest BCUT2D eigenvalue weighted by Crippen LogP contribution is 2.35. The van der Waals surface area contributed by atoms with E-state index in [0.29, 0.717) is 35.3 Å². The van der Waals surface area contributed by atoms with E-state index in [1.54, 1.807) is 12.1 Å². The van der Waals surface area contributed by atoms with Gasteiger partial charge >= 0.3 is 0 Å². The molecule has 1 saturated heterocycles. The van der Waals surface area contributed by atoms with Gasteiger partial charge in [-0.25, -0.2) is 0 Å². The fraction of sp³-hybridized carbons (Fsp3) is 0.500. The normalized spacial score (nSPS) is 22.1. The summed E-state index contributed by atoms with van der Waals surface area (Å²) in [6.07, 6.45) is 2.72. The van der Waals surface area contributed by atoms with Crippen LogP contribution in [0.3, 0.4) is 0 Å². The van der Waals surface area contributed by atoms with Crippen molar-refractivity contribution in [2.75, 3.05) is 19.8 Å². The van der Waals surface area contributed by atoms with Crippen LogP contribution in [0.1, 0.15) is 29.6 Å². The molecule has 1 fully saturated rings. The zero-order valence-electron chi connectivity index (χ0n) is 10.6. The van der Waals surface area contributed by atoms with Crippen LogP contribution >= 0.6 is 11.6 Å². The summed E-state index contributed by atoms with van der Waals surface area (Å²) in [5, 5.41) is 3.63. The maximum absolute atomic E-state index is 12.4. The molecule has 1 N–H and O–H groups in total. The highest BCUT2D eigenvalue weighted by Gasteiger charge is 2.26.